The van der Waals surface area contributed by atoms with E-state index in [9.17, 15) is 4.79 Å². The van der Waals surface area contributed by atoms with Gasteiger partial charge in [-0.15, -0.1) is 22.9 Å². The standard InChI is InChI=1S/C11H14Br2ClNOS/c1-3-11(4-2,6-14)15-10(16)7-5-8(12)17-9(7)13/h5H,3-4,6H2,1-2H3,(H,15,16). The Morgan fingerprint density at radius 3 is 2.41 bits per heavy atom. The maximum atomic E-state index is 12.2. The molecular formula is C11H14Br2ClNOS. The van der Waals surface area contributed by atoms with Crippen LogP contribution in [0.15, 0.2) is 13.6 Å². The van der Waals surface area contributed by atoms with Crippen LogP contribution in [0.1, 0.15) is 37.0 Å². The van der Waals surface area contributed by atoms with Crippen LogP contribution in [0.4, 0.5) is 0 Å². The minimum Gasteiger partial charge on any atom is -0.345 e. The average molecular weight is 404 g/mol. The lowest BCUT2D eigenvalue weighted by atomic mass is 9.95. The Kier molecular flexibility index (Phi) is 5.96. The van der Waals surface area contributed by atoms with E-state index >= 15 is 0 Å². The van der Waals surface area contributed by atoms with E-state index in [4.69, 9.17) is 11.6 Å². The number of thiophene rings is 1. The van der Waals surface area contributed by atoms with Crippen LogP contribution in [0.5, 0.6) is 0 Å². The lowest BCUT2D eigenvalue weighted by Gasteiger charge is -2.30. The van der Waals surface area contributed by atoms with E-state index < -0.39 is 0 Å². The van der Waals surface area contributed by atoms with E-state index in [1.54, 1.807) is 0 Å². The van der Waals surface area contributed by atoms with Crippen LogP contribution in [-0.4, -0.2) is 17.3 Å². The minimum atomic E-state index is -0.313. The molecule has 2 nitrogen and oxygen atoms in total. The number of hydrogen-bond donors (Lipinski definition) is 1. The van der Waals surface area contributed by atoms with Gasteiger partial charge in [-0.25, -0.2) is 0 Å². The third-order valence-corrected chi connectivity index (χ3v) is 5.74. The highest BCUT2D eigenvalue weighted by Gasteiger charge is 2.28. The van der Waals surface area contributed by atoms with Gasteiger partial charge in [-0.3, -0.25) is 4.79 Å². The Morgan fingerprint density at radius 1 is 1.47 bits per heavy atom. The Bertz CT molecular complexity index is 396. The van der Waals surface area contributed by atoms with E-state index in [0.29, 0.717) is 11.4 Å². The number of alkyl halides is 1. The molecule has 0 saturated carbocycles. The van der Waals surface area contributed by atoms with Crippen molar-refractivity contribution in [3.63, 3.8) is 0 Å². The zero-order valence-electron chi connectivity index (χ0n) is 9.65. The van der Waals surface area contributed by atoms with Gasteiger partial charge < -0.3 is 5.32 Å². The molecule has 96 valence electrons. The predicted molar refractivity (Wildman–Crippen MR) is 81.2 cm³/mol. The summed E-state index contributed by atoms with van der Waals surface area (Å²) in [5.41, 5.74) is 0.338. The second kappa shape index (κ2) is 6.55. The molecule has 0 saturated heterocycles. The summed E-state index contributed by atoms with van der Waals surface area (Å²) < 4.78 is 1.76. The van der Waals surface area contributed by atoms with Gasteiger partial charge in [0.15, 0.2) is 0 Å². The minimum absolute atomic E-state index is 0.0804. The lowest BCUT2D eigenvalue weighted by Crippen LogP contribution is -2.49. The normalized spacial score (nSPS) is 11.6. The number of halogens is 3. The van der Waals surface area contributed by atoms with Gasteiger partial charge in [-0.2, -0.15) is 0 Å². The Balaban J connectivity index is 2.88. The third kappa shape index (κ3) is 3.69. The highest BCUT2D eigenvalue weighted by molar-refractivity contribution is 9.12. The number of rotatable bonds is 5. The molecule has 0 aliphatic heterocycles. The van der Waals surface area contributed by atoms with Gasteiger partial charge in [0.05, 0.1) is 18.7 Å². The summed E-state index contributed by atoms with van der Waals surface area (Å²) in [5.74, 6) is 0.345. The van der Waals surface area contributed by atoms with Crippen molar-refractivity contribution in [3.8, 4) is 0 Å². The smallest absolute Gasteiger partial charge is 0.253 e. The van der Waals surface area contributed by atoms with E-state index in [2.05, 4.69) is 37.2 Å². The molecule has 1 heterocycles. The topological polar surface area (TPSA) is 29.1 Å². The predicted octanol–water partition coefficient (Wildman–Crippen LogP) is 4.80. The zero-order chi connectivity index (χ0) is 13.1. The Morgan fingerprint density at radius 2 is 2.06 bits per heavy atom. The van der Waals surface area contributed by atoms with E-state index in [0.717, 1.165) is 20.4 Å². The largest absolute Gasteiger partial charge is 0.345 e. The monoisotopic (exact) mass is 401 g/mol. The molecule has 0 fully saturated rings. The maximum Gasteiger partial charge on any atom is 0.253 e. The van der Waals surface area contributed by atoms with Gasteiger partial charge in [-0.05, 0) is 50.8 Å². The summed E-state index contributed by atoms with van der Waals surface area (Å²) in [4.78, 5) is 12.2. The van der Waals surface area contributed by atoms with Crippen molar-refractivity contribution in [1.29, 1.82) is 0 Å². The van der Waals surface area contributed by atoms with Crippen LogP contribution >= 0.6 is 54.8 Å². The first-order valence-corrected chi connectivity index (χ1v) is 8.25. The molecule has 0 spiro atoms. The highest BCUT2D eigenvalue weighted by Crippen LogP contribution is 2.32. The van der Waals surface area contributed by atoms with E-state index in [1.165, 1.54) is 11.3 Å². The van der Waals surface area contributed by atoms with E-state index in [1.807, 2.05) is 19.9 Å². The molecule has 1 rings (SSSR count). The Hall–Kier alpha value is 0.420. The van der Waals surface area contributed by atoms with Crippen LogP contribution in [0.25, 0.3) is 0 Å². The molecule has 0 atom stereocenters. The van der Waals surface area contributed by atoms with E-state index in [-0.39, 0.29) is 11.4 Å². The van der Waals surface area contributed by atoms with Crippen LogP contribution < -0.4 is 5.32 Å². The second-order valence-electron chi connectivity index (χ2n) is 3.81. The summed E-state index contributed by atoms with van der Waals surface area (Å²) in [6.45, 7) is 4.06. The molecule has 0 aliphatic carbocycles. The molecular weight excluding hydrogens is 389 g/mol. The van der Waals surface area contributed by atoms with Crippen molar-refractivity contribution in [2.45, 2.75) is 32.2 Å². The van der Waals surface area contributed by atoms with Crippen molar-refractivity contribution in [1.82, 2.24) is 5.32 Å². The number of carbonyl (C=O) groups is 1. The summed E-state index contributed by atoms with van der Waals surface area (Å²) >= 11 is 14.2. The van der Waals surface area contributed by atoms with Crippen molar-refractivity contribution in [2.75, 3.05) is 5.88 Å². The van der Waals surface area contributed by atoms with Crippen LogP contribution in [0.2, 0.25) is 0 Å². The molecule has 1 aromatic rings. The van der Waals surface area contributed by atoms with Crippen LogP contribution in [0, 0.1) is 0 Å². The third-order valence-electron chi connectivity index (χ3n) is 2.89. The van der Waals surface area contributed by atoms with Gasteiger partial charge in [0.25, 0.3) is 5.91 Å². The quantitative estimate of drug-likeness (QED) is 0.703. The average Bonchev–Trinajstić information content (AvgIpc) is 2.65. The van der Waals surface area contributed by atoms with Gasteiger partial charge in [-0.1, -0.05) is 13.8 Å². The maximum absolute atomic E-state index is 12.2. The molecule has 1 aromatic heterocycles. The highest BCUT2D eigenvalue weighted by atomic mass is 79.9. The van der Waals surface area contributed by atoms with Gasteiger partial charge >= 0.3 is 0 Å². The van der Waals surface area contributed by atoms with Crippen molar-refractivity contribution in [2.24, 2.45) is 0 Å². The number of amides is 1. The van der Waals surface area contributed by atoms with Crippen LogP contribution in [0.3, 0.4) is 0 Å². The first-order valence-electron chi connectivity index (χ1n) is 5.31. The molecule has 0 radical (unpaired) electrons. The second-order valence-corrected chi connectivity index (χ2v) is 7.83. The molecule has 17 heavy (non-hydrogen) atoms. The van der Waals surface area contributed by atoms with Gasteiger partial charge in [0, 0.05) is 5.88 Å². The van der Waals surface area contributed by atoms with Crippen molar-refractivity contribution >= 4 is 60.7 Å². The fraction of sp³-hybridized carbons (Fsp3) is 0.545. The molecule has 0 aliphatic rings. The number of carbonyl (C=O) groups excluding carboxylic acids is 1. The fourth-order valence-corrected chi connectivity index (χ4v) is 4.69. The molecule has 1 N–H and O–H groups in total. The summed E-state index contributed by atoms with van der Waals surface area (Å²) in [7, 11) is 0. The molecule has 6 heteroatoms. The number of nitrogens with one attached hydrogen (secondary N) is 1. The fourth-order valence-electron chi connectivity index (χ4n) is 1.45. The van der Waals surface area contributed by atoms with Crippen molar-refractivity contribution < 1.29 is 4.79 Å². The van der Waals surface area contributed by atoms with Gasteiger partial charge in [0.2, 0.25) is 0 Å². The molecule has 0 bridgehead atoms. The number of hydrogen-bond acceptors (Lipinski definition) is 2. The van der Waals surface area contributed by atoms with Crippen molar-refractivity contribution in [3.05, 3.63) is 19.2 Å². The summed E-state index contributed by atoms with van der Waals surface area (Å²) in [5, 5.41) is 3.03. The van der Waals surface area contributed by atoms with Crippen LogP contribution in [-0.2, 0) is 0 Å². The Labute approximate surface area is 127 Å². The zero-order valence-corrected chi connectivity index (χ0v) is 14.4. The molecule has 1 amide bonds. The van der Waals surface area contributed by atoms with Gasteiger partial charge in [0.1, 0.15) is 0 Å². The molecule has 0 aromatic carbocycles. The first kappa shape index (κ1) is 15.5. The summed E-state index contributed by atoms with van der Waals surface area (Å²) in [6.07, 6.45) is 1.64. The molecule has 0 unspecified atom stereocenters. The first-order chi connectivity index (χ1) is 7.98. The summed E-state index contributed by atoms with van der Waals surface area (Å²) in [6, 6.07) is 1.81. The SMILES string of the molecule is CCC(CC)(CCl)NC(=O)c1cc(Br)sc1Br. The lowest BCUT2D eigenvalue weighted by molar-refractivity contribution is 0.0902.